The SMILES string of the molecule is COC(=O)[C@@H]1C(=O)CC[C@]2(C)CC(C[Se]c3ccccc3)CC[C@@H]12. The van der Waals surface area contributed by atoms with Crippen molar-refractivity contribution >= 4 is 31.2 Å². The molecule has 24 heavy (non-hydrogen) atoms. The van der Waals surface area contributed by atoms with Crippen LogP contribution in [0, 0.1) is 23.2 Å². The number of hydrogen-bond acceptors (Lipinski definition) is 3. The number of carbonyl (C=O) groups excluding carboxylic acids is 2. The first kappa shape index (κ1) is 17.7. The first-order chi connectivity index (χ1) is 11.5. The molecule has 0 bridgehead atoms. The van der Waals surface area contributed by atoms with Crippen LogP contribution in [0.5, 0.6) is 0 Å². The number of esters is 1. The Bertz CT molecular complexity index is 592. The Morgan fingerprint density at radius 3 is 2.75 bits per heavy atom. The maximum atomic E-state index is 12.3. The first-order valence-corrected chi connectivity index (χ1v) is 10.9. The summed E-state index contributed by atoms with van der Waals surface area (Å²) < 4.78 is 6.39. The topological polar surface area (TPSA) is 43.4 Å². The van der Waals surface area contributed by atoms with Crippen molar-refractivity contribution in [3.8, 4) is 0 Å². The van der Waals surface area contributed by atoms with Crippen LogP contribution in [0.2, 0.25) is 5.32 Å². The Balaban J connectivity index is 1.66. The van der Waals surface area contributed by atoms with Gasteiger partial charge < -0.3 is 0 Å². The van der Waals surface area contributed by atoms with Crippen molar-refractivity contribution < 1.29 is 14.3 Å². The fourth-order valence-corrected chi connectivity index (χ4v) is 6.85. The van der Waals surface area contributed by atoms with E-state index in [0.717, 1.165) is 31.6 Å². The molecule has 4 atom stereocenters. The van der Waals surface area contributed by atoms with E-state index < -0.39 is 5.92 Å². The van der Waals surface area contributed by atoms with Crippen LogP contribution < -0.4 is 4.46 Å². The van der Waals surface area contributed by atoms with Gasteiger partial charge in [0, 0.05) is 0 Å². The third-order valence-corrected chi connectivity index (χ3v) is 8.52. The molecule has 2 fully saturated rings. The van der Waals surface area contributed by atoms with Crippen molar-refractivity contribution in [3.63, 3.8) is 0 Å². The summed E-state index contributed by atoms with van der Waals surface area (Å²) in [5, 5.41) is 1.26. The molecule has 130 valence electrons. The van der Waals surface area contributed by atoms with E-state index in [2.05, 4.69) is 37.3 Å². The number of ketones is 1. The van der Waals surface area contributed by atoms with Crippen LogP contribution in [0.4, 0.5) is 0 Å². The summed E-state index contributed by atoms with van der Waals surface area (Å²) >= 11 is 0.515. The second-order valence-corrected chi connectivity index (χ2v) is 9.79. The first-order valence-electron chi connectivity index (χ1n) is 8.82. The molecular weight excluding hydrogens is 367 g/mol. The van der Waals surface area contributed by atoms with Gasteiger partial charge in [0.25, 0.3) is 0 Å². The van der Waals surface area contributed by atoms with Crippen LogP contribution in [0.1, 0.15) is 39.0 Å². The number of Topliss-reactive ketones (excluding diaryl/α,β-unsaturated/α-hetero) is 1. The van der Waals surface area contributed by atoms with Crippen molar-refractivity contribution in [1.82, 2.24) is 0 Å². The van der Waals surface area contributed by atoms with E-state index in [4.69, 9.17) is 4.74 Å². The van der Waals surface area contributed by atoms with Gasteiger partial charge in [0.05, 0.1) is 0 Å². The molecule has 0 aromatic heterocycles. The van der Waals surface area contributed by atoms with Gasteiger partial charge in [-0.3, -0.25) is 0 Å². The zero-order valence-corrected chi connectivity index (χ0v) is 16.2. The summed E-state index contributed by atoms with van der Waals surface area (Å²) in [5.74, 6) is 0.151. The van der Waals surface area contributed by atoms with Crippen molar-refractivity contribution in [3.05, 3.63) is 30.3 Å². The molecule has 3 nitrogen and oxygen atoms in total. The van der Waals surface area contributed by atoms with Gasteiger partial charge in [-0.1, -0.05) is 0 Å². The molecule has 2 saturated carbocycles. The van der Waals surface area contributed by atoms with Crippen LogP contribution in [-0.2, 0) is 14.3 Å². The average molecular weight is 393 g/mol. The van der Waals surface area contributed by atoms with Gasteiger partial charge in [-0.15, -0.1) is 0 Å². The summed E-state index contributed by atoms with van der Waals surface area (Å²) in [4.78, 5) is 24.4. The minimum absolute atomic E-state index is 0.0938. The Morgan fingerprint density at radius 2 is 2.04 bits per heavy atom. The monoisotopic (exact) mass is 394 g/mol. The molecule has 0 aliphatic heterocycles. The quantitative estimate of drug-likeness (QED) is 0.449. The number of rotatable bonds is 4. The van der Waals surface area contributed by atoms with Gasteiger partial charge in [-0.25, -0.2) is 0 Å². The van der Waals surface area contributed by atoms with Crippen molar-refractivity contribution in [2.45, 2.75) is 44.3 Å². The molecule has 1 aromatic carbocycles. The van der Waals surface area contributed by atoms with E-state index in [1.54, 1.807) is 0 Å². The zero-order chi connectivity index (χ0) is 17.2. The third-order valence-electron chi connectivity index (χ3n) is 5.91. The van der Waals surface area contributed by atoms with Gasteiger partial charge in [0.1, 0.15) is 0 Å². The normalized spacial score (nSPS) is 32.9. The van der Waals surface area contributed by atoms with Crippen molar-refractivity contribution in [2.75, 3.05) is 7.11 Å². The molecule has 4 heteroatoms. The molecular formula is C20H26O3Se. The minimum atomic E-state index is -0.519. The Morgan fingerprint density at radius 1 is 1.29 bits per heavy atom. The van der Waals surface area contributed by atoms with E-state index in [-0.39, 0.29) is 23.1 Å². The fraction of sp³-hybridized carbons (Fsp3) is 0.600. The molecule has 0 saturated heterocycles. The third kappa shape index (κ3) is 3.60. The second-order valence-electron chi connectivity index (χ2n) is 7.50. The molecule has 1 unspecified atom stereocenters. The number of methoxy groups -OCH3 is 1. The predicted molar refractivity (Wildman–Crippen MR) is 95.3 cm³/mol. The summed E-state index contributed by atoms with van der Waals surface area (Å²) in [6.45, 7) is 2.29. The van der Waals surface area contributed by atoms with Crippen LogP contribution in [0.3, 0.4) is 0 Å². The standard InChI is InChI=1S/C20H26O3Se/c1-20-11-10-17(21)18(19(22)23-2)16(20)9-8-14(12-20)13-24-15-6-4-3-5-7-15/h3-7,14,16,18H,8-13H2,1-2H3/t14?,16-,18-,20+/m0/s1. The predicted octanol–water partition coefficient (Wildman–Crippen LogP) is 3.01. The van der Waals surface area contributed by atoms with Crippen LogP contribution in [0.25, 0.3) is 0 Å². The molecule has 0 N–H and O–H groups in total. The molecule has 0 radical (unpaired) electrons. The Labute approximate surface area is 150 Å². The Hall–Kier alpha value is -1.12. The molecule has 2 aliphatic rings. The number of benzene rings is 1. The van der Waals surface area contributed by atoms with Crippen molar-refractivity contribution in [1.29, 1.82) is 0 Å². The molecule has 3 rings (SSSR count). The molecule has 1 aromatic rings. The molecule has 0 spiro atoms. The average Bonchev–Trinajstić information content (AvgIpc) is 2.60. The van der Waals surface area contributed by atoms with Crippen LogP contribution in [-0.4, -0.2) is 33.8 Å². The summed E-state index contributed by atoms with van der Waals surface area (Å²) in [7, 11) is 1.40. The van der Waals surface area contributed by atoms with Crippen LogP contribution in [0.15, 0.2) is 30.3 Å². The molecule has 0 heterocycles. The van der Waals surface area contributed by atoms with E-state index in [1.807, 2.05) is 0 Å². The summed E-state index contributed by atoms with van der Waals surface area (Å²) in [6.07, 6.45) is 4.72. The fourth-order valence-electron chi connectivity index (χ4n) is 4.62. The molecule has 0 amide bonds. The summed E-state index contributed by atoms with van der Waals surface area (Å²) in [6, 6.07) is 10.7. The number of fused-ring (bicyclic) bond motifs is 1. The van der Waals surface area contributed by atoms with Gasteiger partial charge in [-0.05, 0) is 0 Å². The maximum absolute atomic E-state index is 12.3. The Kier molecular flexibility index (Phi) is 5.46. The van der Waals surface area contributed by atoms with E-state index in [0.29, 0.717) is 21.4 Å². The van der Waals surface area contributed by atoms with E-state index in [9.17, 15) is 9.59 Å². The van der Waals surface area contributed by atoms with Crippen molar-refractivity contribution in [2.24, 2.45) is 23.2 Å². The van der Waals surface area contributed by atoms with Gasteiger partial charge in [-0.2, -0.15) is 0 Å². The van der Waals surface area contributed by atoms with E-state index in [1.165, 1.54) is 16.9 Å². The van der Waals surface area contributed by atoms with Gasteiger partial charge in [0.2, 0.25) is 0 Å². The van der Waals surface area contributed by atoms with Gasteiger partial charge in [0.15, 0.2) is 0 Å². The second kappa shape index (κ2) is 7.41. The van der Waals surface area contributed by atoms with Gasteiger partial charge >= 0.3 is 150 Å². The number of ether oxygens (including phenoxy) is 1. The zero-order valence-electron chi connectivity index (χ0n) is 14.5. The molecule has 2 aliphatic carbocycles. The van der Waals surface area contributed by atoms with E-state index >= 15 is 0 Å². The van der Waals surface area contributed by atoms with Crippen LogP contribution >= 0.6 is 0 Å². The number of carbonyl (C=O) groups is 2. The summed E-state index contributed by atoms with van der Waals surface area (Å²) in [5.41, 5.74) is 0.114. The number of hydrogen-bond donors (Lipinski definition) is 0.